The summed E-state index contributed by atoms with van der Waals surface area (Å²) in [7, 11) is 0. The van der Waals surface area contributed by atoms with Crippen LogP contribution in [-0.2, 0) is 4.79 Å². The highest BCUT2D eigenvalue weighted by molar-refractivity contribution is 7.99. The Morgan fingerprint density at radius 1 is 1.04 bits per heavy atom. The Balaban J connectivity index is 1.45. The van der Waals surface area contributed by atoms with Crippen molar-refractivity contribution in [2.75, 3.05) is 30.7 Å². The lowest BCUT2D eigenvalue weighted by Crippen LogP contribution is -2.46. The minimum atomic E-state index is -0.00294. The molecule has 2 aromatic rings. The molecule has 2 amide bonds. The van der Waals surface area contributed by atoms with E-state index in [0.29, 0.717) is 6.54 Å². The third kappa shape index (κ3) is 5.84. The fraction of sp³-hybridized carbons (Fsp3) is 0.364. The molecule has 1 fully saturated rings. The number of benzene rings is 2. The number of para-hydroxylation sites is 1. The monoisotopic (exact) mass is 397 g/mol. The van der Waals surface area contributed by atoms with Crippen LogP contribution in [0.5, 0.6) is 0 Å². The van der Waals surface area contributed by atoms with Gasteiger partial charge in [-0.1, -0.05) is 37.3 Å². The lowest BCUT2D eigenvalue weighted by Gasteiger charge is -2.32. The van der Waals surface area contributed by atoms with Gasteiger partial charge in [-0.2, -0.15) is 0 Å². The second-order valence-electron chi connectivity index (χ2n) is 6.87. The van der Waals surface area contributed by atoms with Gasteiger partial charge in [-0.25, -0.2) is 0 Å². The van der Waals surface area contributed by atoms with E-state index in [1.165, 1.54) is 0 Å². The Morgan fingerprint density at radius 3 is 2.43 bits per heavy atom. The number of nitrogens with zero attached hydrogens (tertiary/aromatic N) is 1. The standard InChI is InChI=1S/C22H27N3O2S/c1-2-28-20-11-7-6-10-19(20)22(27)24-18-12-14-25(15-13-18)16-21(26)23-17-8-4-3-5-9-17/h3-11,18H,2,12-16H2,1H3,(H,23,26)(H,24,27). The molecule has 1 heterocycles. The SMILES string of the molecule is CCSc1ccccc1C(=O)NC1CCN(CC(=O)Nc2ccccc2)CC1. The zero-order valence-corrected chi connectivity index (χ0v) is 17.0. The largest absolute Gasteiger partial charge is 0.349 e. The molecule has 0 spiro atoms. The zero-order valence-electron chi connectivity index (χ0n) is 16.2. The Kier molecular flexibility index (Phi) is 7.51. The highest BCUT2D eigenvalue weighted by atomic mass is 32.2. The summed E-state index contributed by atoms with van der Waals surface area (Å²) in [5, 5.41) is 6.09. The van der Waals surface area contributed by atoms with Gasteiger partial charge in [0.05, 0.1) is 12.1 Å². The van der Waals surface area contributed by atoms with E-state index in [1.807, 2.05) is 54.6 Å². The molecule has 0 bridgehead atoms. The van der Waals surface area contributed by atoms with E-state index in [9.17, 15) is 9.59 Å². The summed E-state index contributed by atoms with van der Waals surface area (Å²) in [5.41, 5.74) is 1.57. The van der Waals surface area contributed by atoms with Crippen LogP contribution in [0.15, 0.2) is 59.5 Å². The van der Waals surface area contributed by atoms with Gasteiger partial charge in [0.1, 0.15) is 0 Å². The molecule has 0 radical (unpaired) electrons. The predicted octanol–water partition coefficient (Wildman–Crippen LogP) is 3.63. The Labute approximate surface area is 170 Å². The van der Waals surface area contributed by atoms with Crippen molar-refractivity contribution in [3.63, 3.8) is 0 Å². The van der Waals surface area contributed by atoms with E-state index in [4.69, 9.17) is 0 Å². The van der Waals surface area contributed by atoms with Crippen LogP contribution in [0, 0.1) is 0 Å². The van der Waals surface area contributed by atoms with Gasteiger partial charge in [-0.05, 0) is 42.9 Å². The summed E-state index contributed by atoms with van der Waals surface area (Å²) in [6.07, 6.45) is 1.71. The molecular weight excluding hydrogens is 370 g/mol. The zero-order chi connectivity index (χ0) is 19.8. The first-order valence-corrected chi connectivity index (χ1v) is 10.7. The first-order valence-electron chi connectivity index (χ1n) is 9.75. The summed E-state index contributed by atoms with van der Waals surface area (Å²) in [5.74, 6) is 0.935. The average Bonchev–Trinajstić information content (AvgIpc) is 2.71. The minimum absolute atomic E-state index is 0.000738. The molecule has 3 rings (SSSR count). The number of rotatable bonds is 7. The molecule has 0 aliphatic carbocycles. The Hall–Kier alpha value is -2.31. The minimum Gasteiger partial charge on any atom is -0.349 e. The van der Waals surface area contributed by atoms with Crippen molar-refractivity contribution < 1.29 is 9.59 Å². The summed E-state index contributed by atoms with van der Waals surface area (Å²) < 4.78 is 0. The summed E-state index contributed by atoms with van der Waals surface area (Å²) in [6.45, 7) is 4.07. The molecule has 1 aliphatic heterocycles. The number of amides is 2. The fourth-order valence-corrected chi connectivity index (χ4v) is 4.16. The van der Waals surface area contributed by atoms with Crippen molar-refractivity contribution in [2.24, 2.45) is 0 Å². The van der Waals surface area contributed by atoms with E-state index in [2.05, 4.69) is 22.5 Å². The van der Waals surface area contributed by atoms with Gasteiger partial charge in [-0.15, -0.1) is 11.8 Å². The molecule has 28 heavy (non-hydrogen) atoms. The van der Waals surface area contributed by atoms with E-state index in [-0.39, 0.29) is 17.9 Å². The van der Waals surface area contributed by atoms with E-state index < -0.39 is 0 Å². The number of piperidine rings is 1. The quantitative estimate of drug-likeness (QED) is 0.701. The number of hydrogen-bond acceptors (Lipinski definition) is 4. The molecule has 0 saturated carbocycles. The number of carbonyl (C=O) groups is 2. The molecule has 6 heteroatoms. The summed E-state index contributed by atoms with van der Waals surface area (Å²) in [4.78, 5) is 28.0. The van der Waals surface area contributed by atoms with Crippen molar-refractivity contribution >= 4 is 29.3 Å². The van der Waals surface area contributed by atoms with Crippen LogP contribution < -0.4 is 10.6 Å². The van der Waals surface area contributed by atoms with Gasteiger partial charge in [0.2, 0.25) is 5.91 Å². The molecule has 0 aromatic heterocycles. The van der Waals surface area contributed by atoms with E-state index >= 15 is 0 Å². The highest BCUT2D eigenvalue weighted by Crippen LogP contribution is 2.22. The number of thioether (sulfide) groups is 1. The van der Waals surface area contributed by atoms with Crippen LogP contribution in [0.25, 0.3) is 0 Å². The van der Waals surface area contributed by atoms with Gasteiger partial charge in [0.15, 0.2) is 0 Å². The van der Waals surface area contributed by atoms with Crippen LogP contribution in [-0.4, -0.2) is 48.1 Å². The molecule has 0 atom stereocenters. The number of carbonyl (C=O) groups excluding carboxylic acids is 2. The Morgan fingerprint density at radius 2 is 1.71 bits per heavy atom. The van der Waals surface area contributed by atoms with Gasteiger partial charge in [0.25, 0.3) is 5.91 Å². The summed E-state index contributed by atoms with van der Waals surface area (Å²) in [6, 6.07) is 17.4. The number of hydrogen-bond donors (Lipinski definition) is 2. The van der Waals surface area contributed by atoms with Crippen molar-refractivity contribution in [3.8, 4) is 0 Å². The van der Waals surface area contributed by atoms with Crippen LogP contribution in [0.2, 0.25) is 0 Å². The van der Waals surface area contributed by atoms with Gasteiger partial charge >= 0.3 is 0 Å². The second kappa shape index (κ2) is 10.3. The number of anilines is 1. The van der Waals surface area contributed by atoms with Crippen molar-refractivity contribution in [3.05, 3.63) is 60.2 Å². The van der Waals surface area contributed by atoms with Crippen LogP contribution >= 0.6 is 11.8 Å². The highest BCUT2D eigenvalue weighted by Gasteiger charge is 2.23. The van der Waals surface area contributed by atoms with E-state index in [0.717, 1.165) is 47.8 Å². The van der Waals surface area contributed by atoms with Crippen molar-refractivity contribution in [1.82, 2.24) is 10.2 Å². The molecular formula is C22H27N3O2S. The maximum absolute atomic E-state index is 12.7. The molecule has 2 N–H and O–H groups in total. The third-order valence-electron chi connectivity index (χ3n) is 4.78. The van der Waals surface area contributed by atoms with Crippen LogP contribution in [0.4, 0.5) is 5.69 Å². The number of nitrogens with one attached hydrogen (secondary N) is 2. The fourth-order valence-electron chi connectivity index (χ4n) is 3.36. The molecule has 0 unspecified atom stereocenters. The second-order valence-corrected chi connectivity index (χ2v) is 8.17. The van der Waals surface area contributed by atoms with Crippen LogP contribution in [0.3, 0.4) is 0 Å². The normalized spacial score (nSPS) is 15.2. The average molecular weight is 398 g/mol. The van der Waals surface area contributed by atoms with Crippen molar-refractivity contribution in [1.29, 1.82) is 0 Å². The maximum Gasteiger partial charge on any atom is 0.252 e. The van der Waals surface area contributed by atoms with Gasteiger partial charge in [0, 0.05) is 29.7 Å². The number of likely N-dealkylation sites (tertiary alicyclic amines) is 1. The molecule has 148 valence electrons. The predicted molar refractivity (Wildman–Crippen MR) is 115 cm³/mol. The maximum atomic E-state index is 12.7. The molecule has 5 nitrogen and oxygen atoms in total. The molecule has 2 aromatic carbocycles. The topological polar surface area (TPSA) is 61.4 Å². The lowest BCUT2D eigenvalue weighted by atomic mass is 10.0. The third-order valence-corrected chi connectivity index (χ3v) is 5.73. The first kappa shape index (κ1) is 20.4. The lowest BCUT2D eigenvalue weighted by molar-refractivity contribution is -0.117. The molecule has 1 aliphatic rings. The smallest absolute Gasteiger partial charge is 0.252 e. The van der Waals surface area contributed by atoms with Crippen LogP contribution in [0.1, 0.15) is 30.1 Å². The van der Waals surface area contributed by atoms with Crippen molar-refractivity contribution in [2.45, 2.75) is 30.7 Å². The summed E-state index contributed by atoms with van der Waals surface area (Å²) >= 11 is 1.69. The first-order chi connectivity index (χ1) is 13.7. The van der Waals surface area contributed by atoms with Gasteiger partial charge < -0.3 is 10.6 Å². The van der Waals surface area contributed by atoms with Gasteiger partial charge in [-0.3, -0.25) is 14.5 Å². The van der Waals surface area contributed by atoms with E-state index in [1.54, 1.807) is 11.8 Å². The molecule has 1 saturated heterocycles. The Bertz CT molecular complexity index is 789.